The van der Waals surface area contributed by atoms with E-state index in [1.807, 2.05) is 12.1 Å². The average Bonchev–Trinajstić information content (AvgIpc) is 3.13. The molecule has 0 fully saturated rings. The first-order valence-electron chi connectivity index (χ1n) is 15.2. The van der Waals surface area contributed by atoms with Crippen LogP contribution in [0.5, 0.6) is 0 Å². The lowest BCUT2D eigenvalue weighted by atomic mass is 10.0. The molecule has 4 N–H and O–H groups in total. The van der Waals surface area contributed by atoms with Crippen molar-refractivity contribution >= 4 is 54.5 Å². The lowest BCUT2D eigenvalue weighted by Gasteiger charge is -2.11. The zero-order chi connectivity index (χ0) is 37.2. The molecule has 0 aliphatic rings. The molecule has 260 valence electrons. The summed E-state index contributed by atoms with van der Waals surface area (Å²) in [6, 6.07) is 29.5. The van der Waals surface area contributed by atoms with Gasteiger partial charge >= 0.3 is 12.4 Å². The zero-order valence-electron chi connectivity index (χ0n) is 26.5. The van der Waals surface area contributed by atoms with Crippen molar-refractivity contribution in [3.8, 4) is 22.5 Å². The number of pyridine rings is 2. The van der Waals surface area contributed by atoms with E-state index in [0.717, 1.165) is 53.2 Å². The van der Waals surface area contributed by atoms with Crippen molar-refractivity contribution in [3.05, 3.63) is 155 Å². The van der Waals surface area contributed by atoms with Crippen LogP contribution in [0.25, 0.3) is 33.3 Å². The van der Waals surface area contributed by atoms with Gasteiger partial charge in [-0.3, -0.25) is 21.6 Å². The molecule has 6 nitrogen and oxygen atoms in total. The minimum atomic E-state index is -4.46. The maximum Gasteiger partial charge on any atom is 0.416 e. The van der Waals surface area contributed by atoms with Gasteiger partial charge in [-0.25, -0.2) is 9.97 Å². The Hall–Kier alpha value is -5.60. The van der Waals surface area contributed by atoms with Crippen molar-refractivity contribution in [2.75, 3.05) is 0 Å². The molecule has 52 heavy (non-hydrogen) atoms. The molecule has 0 amide bonds. The average molecular weight is 743 g/mol. The molecule has 4 aromatic carbocycles. The number of thioether (sulfide) groups is 2. The summed E-state index contributed by atoms with van der Waals surface area (Å²) in [6.07, 6.45) is -8.92. The molecule has 0 atom stereocenters. The van der Waals surface area contributed by atoms with Gasteiger partial charge in [-0.2, -0.15) is 26.3 Å². The monoisotopic (exact) mass is 742 g/mol. The van der Waals surface area contributed by atoms with Gasteiger partial charge in [-0.05, 0) is 95.0 Å². The highest BCUT2D eigenvalue weighted by molar-refractivity contribution is 8.27. The van der Waals surface area contributed by atoms with Crippen LogP contribution in [-0.4, -0.2) is 30.1 Å². The van der Waals surface area contributed by atoms with Crippen molar-refractivity contribution in [1.29, 1.82) is 21.6 Å². The first kappa shape index (κ1) is 36.2. The van der Waals surface area contributed by atoms with Crippen molar-refractivity contribution in [2.24, 2.45) is 0 Å². The van der Waals surface area contributed by atoms with Gasteiger partial charge in [-0.15, -0.1) is 0 Å². The Morgan fingerprint density at radius 1 is 0.442 bits per heavy atom. The standard InChI is InChI=1S/C38H24F6N6S2/c39-37(40,41)27-15-11-22(12-16-27)29-3-1-5-31(49-29)35(47)51-33(45)24-9-7-21-8-10-25(20-26(21)19-24)34(46)52-36(48)32-6-2-4-30(50-32)23-13-17-28(18-14-23)38(42,43)44/h1-20,45-48H. The van der Waals surface area contributed by atoms with Gasteiger partial charge in [0.05, 0.1) is 33.9 Å². The highest BCUT2D eigenvalue weighted by Crippen LogP contribution is 2.33. The predicted octanol–water partition coefficient (Wildman–Crippen LogP) is 11.2. The predicted molar refractivity (Wildman–Crippen MR) is 196 cm³/mol. The van der Waals surface area contributed by atoms with E-state index in [2.05, 4.69) is 9.97 Å². The highest BCUT2D eigenvalue weighted by atomic mass is 32.2. The lowest BCUT2D eigenvalue weighted by Crippen LogP contribution is -2.05. The molecule has 0 aliphatic carbocycles. The lowest BCUT2D eigenvalue weighted by molar-refractivity contribution is -0.138. The Morgan fingerprint density at radius 2 is 0.827 bits per heavy atom. The largest absolute Gasteiger partial charge is 0.416 e. The van der Waals surface area contributed by atoms with Gasteiger partial charge < -0.3 is 0 Å². The fourth-order valence-electron chi connectivity index (χ4n) is 5.06. The Morgan fingerprint density at radius 3 is 1.19 bits per heavy atom. The van der Waals surface area contributed by atoms with Crippen LogP contribution in [-0.2, 0) is 12.4 Å². The second-order valence-corrected chi connectivity index (χ2v) is 13.3. The van der Waals surface area contributed by atoms with Gasteiger partial charge in [0.2, 0.25) is 0 Å². The van der Waals surface area contributed by atoms with E-state index in [9.17, 15) is 26.3 Å². The van der Waals surface area contributed by atoms with Crippen LogP contribution >= 0.6 is 23.5 Å². The van der Waals surface area contributed by atoms with E-state index < -0.39 is 23.5 Å². The number of fused-ring (bicyclic) bond motifs is 1. The fraction of sp³-hybridized carbons (Fsp3) is 0.0526. The first-order valence-corrected chi connectivity index (χ1v) is 16.8. The van der Waals surface area contributed by atoms with Crippen LogP contribution in [0.15, 0.2) is 121 Å². The van der Waals surface area contributed by atoms with E-state index >= 15 is 0 Å². The van der Waals surface area contributed by atoms with Crippen LogP contribution < -0.4 is 0 Å². The van der Waals surface area contributed by atoms with Crippen molar-refractivity contribution in [3.63, 3.8) is 0 Å². The van der Waals surface area contributed by atoms with Gasteiger partial charge in [0.1, 0.15) is 20.2 Å². The molecule has 0 unspecified atom stereocenters. The topological polar surface area (TPSA) is 121 Å². The summed E-state index contributed by atoms with van der Waals surface area (Å²) in [5.74, 6) is 0. The third-order valence-corrected chi connectivity index (χ3v) is 9.46. The SMILES string of the molecule is N=C(SC(=N)c1cccc(-c2ccc(C(F)(F)F)cc2)n1)c1ccc2ccc(C(=N)SC(=N)c3cccc(-c4ccc(C(F)(F)F)cc4)n3)cc2c1. The normalized spacial score (nSPS) is 11.7. The molecule has 6 aromatic rings. The van der Waals surface area contributed by atoms with E-state index in [1.165, 1.54) is 24.3 Å². The number of alkyl halides is 6. The number of nitrogens with one attached hydrogen (secondary N) is 4. The summed E-state index contributed by atoms with van der Waals surface area (Å²) >= 11 is 1.73. The summed E-state index contributed by atoms with van der Waals surface area (Å²) in [4.78, 5) is 8.86. The molecule has 0 radical (unpaired) electrons. The maximum atomic E-state index is 13.0. The summed E-state index contributed by atoms with van der Waals surface area (Å²) < 4.78 is 77.9. The molecular formula is C38H24F6N6S2. The molecule has 14 heteroatoms. The molecular weight excluding hydrogens is 719 g/mol. The second kappa shape index (κ2) is 14.6. The molecule has 2 aromatic heterocycles. The Labute approximate surface area is 301 Å². The minimum absolute atomic E-state index is 0.0275. The van der Waals surface area contributed by atoms with Crippen LogP contribution in [0, 0.1) is 21.6 Å². The maximum absolute atomic E-state index is 13.0. The quantitative estimate of drug-likeness (QED) is 0.0771. The van der Waals surface area contributed by atoms with Crippen LogP contribution in [0.2, 0.25) is 0 Å². The fourth-order valence-corrected chi connectivity index (χ4v) is 6.39. The Kier molecular flexibility index (Phi) is 10.1. The molecule has 0 saturated heterocycles. The molecule has 0 aliphatic heterocycles. The minimum Gasteiger partial charge on any atom is -0.293 e. The van der Waals surface area contributed by atoms with Crippen molar-refractivity contribution in [2.45, 2.75) is 12.4 Å². The Balaban J connectivity index is 1.13. The van der Waals surface area contributed by atoms with Gasteiger partial charge in [0, 0.05) is 22.3 Å². The number of aromatic nitrogens is 2. The van der Waals surface area contributed by atoms with E-state index in [-0.39, 0.29) is 31.6 Å². The Bertz CT molecular complexity index is 2190. The number of nitrogens with zero attached hydrogens (tertiary/aromatic N) is 2. The van der Waals surface area contributed by atoms with Crippen molar-refractivity contribution in [1.82, 2.24) is 9.97 Å². The van der Waals surface area contributed by atoms with Crippen LogP contribution in [0.3, 0.4) is 0 Å². The molecule has 2 heterocycles. The van der Waals surface area contributed by atoms with Crippen LogP contribution in [0.1, 0.15) is 33.6 Å². The third-order valence-electron chi connectivity index (χ3n) is 7.75. The van der Waals surface area contributed by atoms with Crippen molar-refractivity contribution < 1.29 is 26.3 Å². The van der Waals surface area contributed by atoms with E-state index in [4.69, 9.17) is 21.6 Å². The molecule has 6 rings (SSSR count). The number of halogens is 6. The smallest absolute Gasteiger partial charge is 0.293 e. The number of hydrogen-bond donors (Lipinski definition) is 4. The number of benzene rings is 4. The summed E-state index contributed by atoms with van der Waals surface area (Å²) in [5.41, 5.74) is 1.65. The van der Waals surface area contributed by atoms with Gasteiger partial charge in [0.15, 0.2) is 0 Å². The molecule has 0 bridgehead atoms. The van der Waals surface area contributed by atoms with Gasteiger partial charge in [0.25, 0.3) is 0 Å². The van der Waals surface area contributed by atoms with E-state index in [1.54, 1.807) is 60.7 Å². The summed E-state index contributed by atoms with van der Waals surface area (Å²) in [5, 5.41) is 36.1. The summed E-state index contributed by atoms with van der Waals surface area (Å²) in [6.45, 7) is 0. The number of hydrogen-bond acceptors (Lipinski definition) is 8. The second-order valence-electron chi connectivity index (χ2n) is 11.3. The third kappa shape index (κ3) is 8.30. The molecule has 0 spiro atoms. The zero-order valence-corrected chi connectivity index (χ0v) is 28.2. The number of rotatable bonds is 6. The summed E-state index contributed by atoms with van der Waals surface area (Å²) in [7, 11) is 0. The van der Waals surface area contributed by atoms with Crippen LogP contribution in [0.4, 0.5) is 26.3 Å². The highest BCUT2D eigenvalue weighted by Gasteiger charge is 2.31. The van der Waals surface area contributed by atoms with E-state index in [0.29, 0.717) is 39.0 Å². The van der Waals surface area contributed by atoms with Gasteiger partial charge in [-0.1, -0.05) is 60.7 Å². The first-order chi connectivity index (χ1) is 24.7. The molecule has 0 saturated carbocycles.